The molecule has 0 aliphatic rings. The van der Waals surface area contributed by atoms with E-state index in [1.54, 1.807) is 29.1 Å². The fourth-order valence-electron chi connectivity index (χ4n) is 2.34. The molecule has 0 saturated carbocycles. The fourth-order valence-corrected chi connectivity index (χ4v) is 2.34. The van der Waals surface area contributed by atoms with E-state index in [1.807, 2.05) is 30.3 Å². The van der Waals surface area contributed by atoms with E-state index < -0.39 is 5.91 Å². The van der Waals surface area contributed by atoms with Gasteiger partial charge in [0.25, 0.3) is 11.5 Å². The Balaban J connectivity index is 2.26. The van der Waals surface area contributed by atoms with Gasteiger partial charge in [-0.2, -0.15) is 0 Å². The minimum absolute atomic E-state index is 0.00223. The number of nitrogens with two attached hydrogens (primary N) is 1. The van der Waals surface area contributed by atoms with Crippen LogP contribution >= 0.6 is 0 Å². The molecule has 0 aliphatic heterocycles. The Labute approximate surface area is 120 Å². The summed E-state index contributed by atoms with van der Waals surface area (Å²) in [5.74, 6) is -0.717. The molecule has 0 fully saturated rings. The van der Waals surface area contributed by atoms with Crippen molar-refractivity contribution >= 4 is 16.8 Å². The maximum atomic E-state index is 12.5. The van der Waals surface area contributed by atoms with Gasteiger partial charge in [-0.15, -0.1) is 0 Å². The maximum Gasteiger partial charge on any atom is 0.264 e. The number of pyridine rings is 2. The lowest BCUT2D eigenvalue weighted by Crippen LogP contribution is -2.30. The third-order valence-corrected chi connectivity index (χ3v) is 3.33. The summed E-state index contributed by atoms with van der Waals surface area (Å²) in [4.78, 5) is 28.0. The number of nitrogens with zero attached hydrogens (tertiary/aromatic N) is 2. The Morgan fingerprint density at radius 3 is 2.71 bits per heavy atom. The third kappa shape index (κ3) is 2.41. The summed E-state index contributed by atoms with van der Waals surface area (Å²) >= 11 is 0. The number of rotatable bonds is 3. The molecule has 2 N–H and O–H groups in total. The monoisotopic (exact) mass is 279 g/mol. The van der Waals surface area contributed by atoms with E-state index in [1.165, 1.54) is 0 Å². The minimum atomic E-state index is -0.717. The van der Waals surface area contributed by atoms with E-state index in [4.69, 9.17) is 5.73 Å². The van der Waals surface area contributed by atoms with Crippen LogP contribution in [-0.2, 0) is 6.54 Å². The summed E-state index contributed by atoms with van der Waals surface area (Å²) in [5.41, 5.74) is 6.56. The number of primary amides is 1. The zero-order valence-electron chi connectivity index (χ0n) is 11.2. The number of fused-ring (bicyclic) bond motifs is 1. The van der Waals surface area contributed by atoms with Crippen LogP contribution in [0.5, 0.6) is 0 Å². The van der Waals surface area contributed by atoms with Crippen LogP contribution in [0.4, 0.5) is 0 Å². The predicted molar refractivity (Wildman–Crippen MR) is 80.1 cm³/mol. The first kappa shape index (κ1) is 13.1. The molecule has 1 amide bonds. The van der Waals surface area contributed by atoms with Crippen molar-refractivity contribution < 1.29 is 4.79 Å². The van der Waals surface area contributed by atoms with Gasteiger partial charge in [0.1, 0.15) is 5.56 Å². The van der Waals surface area contributed by atoms with Crippen molar-refractivity contribution in [3.8, 4) is 0 Å². The molecule has 0 saturated heterocycles. The van der Waals surface area contributed by atoms with Gasteiger partial charge >= 0.3 is 0 Å². The highest BCUT2D eigenvalue weighted by atomic mass is 16.2. The largest absolute Gasteiger partial charge is 0.365 e. The first-order valence-corrected chi connectivity index (χ1v) is 6.48. The topological polar surface area (TPSA) is 78.0 Å². The number of para-hydroxylation sites is 1. The normalized spacial score (nSPS) is 10.7. The van der Waals surface area contributed by atoms with E-state index in [2.05, 4.69) is 4.98 Å². The van der Waals surface area contributed by atoms with Crippen molar-refractivity contribution in [3.63, 3.8) is 0 Å². The number of carbonyl (C=O) groups excluding carboxylic acids is 1. The van der Waals surface area contributed by atoms with Crippen LogP contribution in [-0.4, -0.2) is 15.5 Å². The standard InChI is InChI=1S/C16H13N3O2/c17-15(20)13-8-12-5-1-2-6-14(12)19(16(13)21)10-11-4-3-7-18-9-11/h1-9H,10H2,(H2,17,20). The number of hydrogen-bond donors (Lipinski definition) is 1. The average Bonchev–Trinajstić information content (AvgIpc) is 2.50. The lowest BCUT2D eigenvalue weighted by Gasteiger charge is -2.11. The number of hydrogen-bond acceptors (Lipinski definition) is 3. The minimum Gasteiger partial charge on any atom is -0.365 e. The van der Waals surface area contributed by atoms with Crippen molar-refractivity contribution in [1.29, 1.82) is 0 Å². The summed E-state index contributed by atoms with van der Waals surface area (Å²) in [6.07, 6.45) is 3.36. The van der Waals surface area contributed by atoms with Crippen LogP contribution < -0.4 is 11.3 Å². The number of aromatic nitrogens is 2. The molecule has 0 aliphatic carbocycles. The Morgan fingerprint density at radius 2 is 2.00 bits per heavy atom. The van der Waals surface area contributed by atoms with Crippen LogP contribution in [0.1, 0.15) is 15.9 Å². The van der Waals surface area contributed by atoms with Crippen LogP contribution in [0.25, 0.3) is 10.9 Å². The van der Waals surface area contributed by atoms with Gasteiger partial charge in [-0.05, 0) is 29.1 Å². The maximum absolute atomic E-state index is 12.5. The predicted octanol–water partition coefficient (Wildman–Crippen LogP) is 1.54. The molecule has 5 nitrogen and oxygen atoms in total. The molecule has 0 spiro atoms. The highest BCUT2D eigenvalue weighted by Gasteiger charge is 2.13. The van der Waals surface area contributed by atoms with Crippen LogP contribution in [0, 0.1) is 0 Å². The summed E-state index contributed by atoms with van der Waals surface area (Å²) in [6.45, 7) is 0.342. The van der Waals surface area contributed by atoms with E-state index in [9.17, 15) is 9.59 Å². The molecule has 0 atom stereocenters. The van der Waals surface area contributed by atoms with Crippen LogP contribution in [0.15, 0.2) is 59.7 Å². The second kappa shape index (κ2) is 5.20. The van der Waals surface area contributed by atoms with Crippen LogP contribution in [0.2, 0.25) is 0 Å². The second-order valence-electron chi connectivity index (χ2n) is 4.73. The van der Waals surface area contributed by atoms with E-state index in [0.29, 0.717) is 6.54 Å². The van der Waals surface area contributed by atoms with Crippen molar-refractivity contribution in [2.75, 3.05) is 0 Å². The van der Waals surface area contributed by atoms with Gasteiger partial charge in [-0.1, -0.05) is 24.3 Å². The summed E-state index contributed by atoms with van der Waals surface area (Å²) in [6, 6.07) is 12.6. The van der Waals surface area contributed by atoms with Gasteiger partial charge in [0.15, 0.2) is 0 Å². The van der Waals surface area contributed by atoms with Crippen molar-refractivity contribution in [2.24, 2.45) is 5.73 Å². The first-order chi connectivity index (χ1) is 10.2. The molecule has 3 rings (SSSR count). The van der Waals surface area contributed by atoms with Crippen LogP contribution in [0.3, 0.4) is 0 Å². The summed E-state index contributed by atoms with van der Waals surface area (Å²) < 4.78 is 1.55. The zero-order chi connectivity index (χ0) is 14.8. The van der Waals surface area contributed by atoms with E-state index >= 15 is 0 Å². The van der Waals surface area contributed by atoms with Crippen molar-refractivity contribution in [1.82, 2.24) is 9.55 Å². The number of amides is 1. The molecule has 5 heteroatoms. The Kier molecular flexibility index (Phi) is 3.23. The lowest BCUT2D eigenvalue weighted by atomic mass is 10.1. The smallest absolute Gasteiger partial charge is 0.264 e. The highest BCUT2D eigenvalue weighted by molar-refractivity contribution is 5.96. The molecule has 2 aromatic heterocycles. The third-order valence-electron chi connectivity index (χ3n) is 3.33. The van der Waals surface area contributed by atoms with Gasteiger partial charge < -0.3 is 10.3 Å². The molecule has 21 heavy (non-hydrogen) atoms. The number of carbonyl (C=O) groups is 1. The molecule has 104 valence electrons. The summed E-state index contributed by atoms with van der Waals surface area (Å²) in [7, 11) is 0. The summed E-state index contributed by atoms with van der Waals surface area (Å²) in [5, 5.41) is 0.801. The number of benzene rings is 1. The van der Waals surface area contributed by atoms with Gasteiger partial charge in [-0.3, -0.25) is 14.6 Å². The fraction of sp³-hybridized carbons (Fsp3) is 0.0625. The Bertz CT molecular complexity index is 870. The Morgan fingerprint density at radius 1 is 1.19 bits per heavy atom. The van der Waals surface area contributed by atoms with Crippen molar-refractivity contribution in [3.05, 3.63) is 76.3 Å². The molecule has 3 aromatic rings. The molecule has 2 heterocycles. The highest BCUT2D eigenvalue weighted by Crippen LogP contribution is 2.14. The average molecular weight is 279 g/mol. The van der Waals surface area contributed by atoms with Gasteiger partial charge in [0.05, 0.1) is 12.1 Å². The van der Waals surface area contributed by atoms with E-state index in [-0.39, 0.29) is 11.1 Å². The van der Waals surface area contributed by atoms with Gasteiger partial charge in [0, 0.05) is 12.4 Å². The molecule has 0 radical (unpaired) electrons. The molecule has 0 bridgehead atoms. The molecule has 1 aromatic carbocycles. The second-order valence-corrected chi connectivity index (χ2v) is 4.73. The van der Waals surface area contributed by atoms with Gasteiger partial charge in [-0.25, -0.2) is 0 Å². The van der Waals surface area contributed by atoms with Gasteiger partial charge in [0.2, 0.25) is 0 Å². The molecule has 0 unspecified atom stereocenters. The molecular formula is C16H13N3O2. The lowest BCUT2D eigenvalue weighted by molar-refractivity contribution is 0.0998. The van der Waals surface area contributed by atoms with Crippen molar-refractivity contribution in [2.45, 2.75) is 6.54 Å². The quantitative estimate of drug-likeness (QED) is 0.790. The zero-order valence-corrected chi connectivity index (χ0v) is 11.2. The SMILES string of the molecule is NC(=O)c1cc2ccccc2n(Cc2cccnc2)c1=O. The Hall–Kier alpha value is -2.95. The molecular weight excluding hydrogens is 266 g/mol. The van der Waals surface area contributed by atoms with E-state index in [0.717, 1.165) is 16.5 Å². The first-order valence-electron chi connectivity index (χ1n) is 6.48.